The predicted molar refractivity (Wildman–Crippen MR) is 52.2 cm³/mol. The third-order valence-electron chi connectivity index (χ3n) is 1.68. The van der Waals surface area contributed by atoms with Crippen LogP contribution in [0.25, 0.3) is 0 Å². The van der Waals surface area contributed by atoms with Crippen LogP contribution in [-0.4, -0.2) is 12.1 Å². The summed E-state index contributed by atoms with van der Waals surface area (Å²) >= 11 is 1.71. The SMILES string of the molecule is CC(C)(CN)OCc1cccs1. The highest BCUT2D eigenvalue weighted by Crippen LogP contribution is 2.14. The van der Waals surface area contributed by atoms with Gasteiger partial charge in [-0.2, -0.15) is 0 Å². The molecule has 12 heavy (non-hydrogen) atoms. The molecular formula is C9H15NOS. The summed E-state index contributed by atoms with van der Waals surface area (Å²) in [6, 6.07) is 4.09. The van der Waals surface area contributed by atoms with Crippen molar-refractivity contribution in [1.82, 2.24) is 0 Å². The molecule has 1 aromatic rings. The summed E-state index contributed by atoms with van der Waals surface area (Å²) in [7, 11) is 0. The fourth-order valence-corrected chi connectivity index (χ4v) is 1.34. The molecule has 0 aliphatic heterocycles. The summed E-state index contributed by atoms with van der Waals surface area (Å²) in [6.45, 7) is 5.22. The van der Waals surface area contributed by atoms with Gasteiger partial charge >= 0.3 is 0 Å². The Balaban J connectivity index is 2.36. The van der Waals surface area contributed by atoms with E-state index in [4.69, 9.17) is 10.5 Å². The second-order valence-corrected chi connectivity index (χ2v) is 4.36. The zero-order valence-corrected chi connectivity index (χ0v) is 8.36. The molecule has 1 heterocycles. The van der Waals surface area contributed by atoms with E-state index in [1.54, 1.807) is 11.3 Å². The van der Waals surface area contributed by atoms with Crippen LogP contribution in [0.1, 0.15) is 18.7 Å². The fourth-order valence-electron chi connectivity index (χ4n) is 0.720. The van der Waals surface area contributed by atoms with E-state index in [1.165, 1.54) is 4.88 Å². The Morgan fingerprint density at radius 3 is 2.83 bits per heavy atom. The van der Waals surface area contributed by atoms with Gasteiger partial charge in [0.15, 0.2) is 0 Å². The number of hydrogen-bond donors (Lipinski definition) is 1. The lowest BCUT2D eigenvalue weighted by molar-refractivity contribution is -0.0209. The Morgan fingerprint density at radius 2 is 2.33 bits per heavy atom. The van der Waals surface area contributed by atoms with Crippen molar-refractivity contribution in [3.05, 3.63) is 22.4 Å². The van der Waals surface area contributed by atoms with E-state index in [-0.39, 0.29) is 5.60 Å². The highest BCUT2D eigenvalue weighted by atomic mass is 32.1. The van der Waals surface area contributed by atoms with E-state index in [0.29, 0.717) is 13.2 Å². The minimum absolute atomic E-state index is 0.204. The van der Waals surface area contributed by atoms with Crippen LogP contribution in [0.2, 0.25) is 0 Å². The summed E-state index contributed by atoms with van der Waals surface area (Å²) in [5, 5.41) is 2.05. The molecule has 0 amide bonds. The molecule has 2 nitrogen and oxygen atoms in total. The van der Waals surface area contributed by atoms with Crippen molar-refractivity contribution in [3.63, 3.8) is 0 Å². The van der Waals surface area contributed by atoms with Crippen LogP contribution in [-0.2, 0) is 11.3 Å². The van der Waals surface area contributed by atoms with Crippen LogP contribution in [0.5, 0.6) is 0 Å². The van der Waals surface area contributed by atoms with Crippen molar-refractivity contribution >= 4 is 11.3 Å². The molecule has 0 saturated carbocycles. The Kier molecular flexibility index (Phi) is 3.26. The first-order valence-electron chi connectivity index (χ1n) is 4.00. The van der Waals surface area contributed by atoms with Gasteiger partial charge in [-0.05, 0) is 25.3 Å². The molecule has 0 aromatic carbocycles. The Labute approximate surface area is 77.3 Å². The Bertz CT molecular complexity index is 218. The standard InChI is InChI=1S/C9H15NOS/c1-9(2,7-10)11-6-8-4-3-5-12-8/h3-5H,6-7,10H2,1-2H3. The maximum atomic E-state index is 5.61. The number of nitrogens with two attached hydrogens (primary N) is 1. The molecule has 0 unspecified atom stereocenters. The second-order valence-electron chi connectivity index (χ2n) is 3.33. The summed E-state index contributed by atoms with van der Waals surface area (Å²) < 4.78 is 5.61. The van der Waals surface area contributed by atoms with Gasteiger partial charge in [0, 0.05) is 11.4 Å². The van der Waals surface area contributed by atoms with Crippen molar-refractivity contribution in [2.24, 2.45) is 5.73 Å². The molecule has 0 bridgehead atoms. The molecule has 0 fully saturated rings. The van der Waals surface area contributed by atoms with Gasteiger partial charge in [-0.1, -0.05) is 6.07 Å². The summed E-state index contributed by atoms with van der Waals surface area (Å²) in [6.07, 6.45) is 0. The van der Waals surface area contributed by atoms with Crippen molar-refractivity contribution < 1.29 is 4.74 Å². The third kappa shape index (κ3) is 2.93. The van der Waals surface area contributed by atoms with Gasteiger partial charge in [-0.15, -0.1) is 11.3 Å². The van der Waals surface area contributed by atoms with Crippen LogP contribution in [0, 0.1) is 0 Å². The van der Waals surface area contributed by atoms with Gasteiger partial charge in [0.25, 0.3) is 0 Å². The Hall–Kier alpha value is -0.380. The highest BCUT2D eigenvalue weighted by molar-refractivity contribution is 7.09. The van der Waals surface area contributed by atoms with Gasteiger partial charge in [0.1, 0.15) is 0 Å². The first kappa shape index (κ1) is 9.71. The number of rotatable bonds is 4. The highest BCUT2D eigenvalue weighted by Gasteiger charge is 2.15. The van der Waals surface area contributed by atoms with Crippen LogP contribution >= 0.6 is 11.3 Å². The van der Waals surface area contributed by atoms with Gasteiger partial charge < -0.3 is 10.5 Å². The smallest absolute Gasteiger partial charge is 0.0817 e. The molecule has 0 spiro atoms. The van der Waals surface area contributed by atoms with Crippen molar-refractivity contribution in [1.29, 1.82) is 0 Å². The van der Waals surface area contributed by atoms with Gasteiger partial charge in [-0.25, -0.2) is 0 Å². The number of thiophene rings is 1. The van der Waals surface area contributed by atoms with Gasteiger partial charge in [0.2, 0.25) is 0 Å². The summed E-state index contributed by atoms with van der Waals surface area (Å²) in [4.78, 5) is 1.25. The van der Waals surface area contributed by atoms with E-state index >= 15 is 0 Å². The van der Waals surface area contributed by atoms with Crippen molar-refractivity contribution in [3.8, 4) is 0 Å². The van der Waals surface area contributed by atoms with E-state index in [0.717, 1.165) is 0 Å². The summed E-state index contributed by atoms with van der Waals surface area (Å²) in [5.74, 6) is 0. The second kappa shape index (κ2) is 4.03. The van der Waals surface area contributed by atoms with Crippen LogP contribution < -0.4 is 5.73 Å². The van der Waals surface area contributed by atoms with E-state index in [2.05, 4.69) is 6.07 Å². The van der Waals surface area contributed by atoms with Crippen LogP contribution in [0.4, 0.5) is 0 Å². The fraction of sp³-hybridized carbons (Fsp3) is 0.556. The lowest BCUT2D eigenvalue weighted by Crippen LogP contribution is -2.33. The molecule has 0 saturated heterocycles. The molecule has 2 N–H and O–H groups in total. The minimum Gasteiger partial charge on any atom is -0.369 e. The molecular weight excluding hydrogens is 170 g/mol. The monoisotopic (exact) mass is 185 g/mol. The molecule has 1 aromatic heterocycles. The average Bonchev–Trinajstić information content (AvgIpc) is 2.53. The quantitative estimate of drug-likeness (QED) is 0.778. The number of hydrogen-bond acceptors (Lipinski definition) is 3. The molecule has 0 radical (unpaired) electrons. The van der Waals surface area contributed by atoms with Crippen LogP contribution in [0.3, 0.4) is 0 Å². The molecule has 1 rings (SSSR count). The first-order chi connectivity index (χ1) is 5.64. The maximum Gasteiger partial charge on any atom is 0.0817 e. The van der Waals surface area contributed by atoms with Gasteiger partial charge in [-0.3, -0.25) is 0 Å². The molecule has 0 aliphatic carbocycles. The lowest BCUT2D eigenvalue weighted by atomic mass is 10.1. The average molecular weight is 185 g/mol. The minimum atomic E-state index is -0.204. The molecule has 0 atom stereocenters. The molecule has 0 aliphatic rings. The molecule has 3 heteroatoms. The van der Waals surface area contributed by atoms with E-state index < -0.39 is 0 Å². The number of ether oxygens (including phenoxy) is 1. The topological polar surface area (TPSA) is 35.2 Å². The van der Waals surface area contributed by atoms with Gasteiger partial charge in [0.05, 0.1) is 12.2 Å². The van der Waals surface area contributed by atoms with E-state index in [9.17, 15) is 0 Å². The van der Waals surface area contributed by atoms with Crippen LogP contribution in [0.15, 0.2) is 17.5 Å². The first-order valence-corrected chi connectivity index (χ1v) is 4.88. The normalized spacial score (nSPS) is 11.9. The van der Waals surface area contributed by atoms with E-state index in [1.807, 2.05) is 25.3 Å². The lowest BCUT2D eigenvalue weighted by Gasteiger charge is -2.22. The van der Waals surface area contributed by atoms with Crippen molar-refractivity contribution in [2.75, 3.05) is 6.54 Å². The predicted octanol–water partition coefficient (Wildman–Crippen LogP) is 2.00. The summed E-state index contributed by atoms with van der Waals surface area (Å²) in [5.41, 5.74) is 5.32. The third-order valence-corrected chi connectivity index (χ3v) is 2.53. The zero-order valence-electron chi connectivity index (χ0n) is 7.54. The van der Waals surface area contributed by atoms with Crippen molar-refractivity contribution in [2.45, 2.75) is 26.1 Å². The maximum absolute atomic E-state index is 5.61. The largest absolute Gasteiger partial charge is 0.369 e. The Morgan fingerprint density at radius 1 is 1.58 bits per heavy atom. The zero-order chi connectivity index (χ0) is 9.03. The molecule has 68 valence electrons.